The van der Waals surface area contributed by atoms with Crippen LogP contribution in [-0.2, 0) is 0 Å². The van der Waals surface area contributed by atoms with Crippen LogP contribution < -0.4 is 10.1 Å². The first kappa shape index (κ1) is 15.3. The van der Waals surface area contributed by atoms with Crippen molar-refractivity contribution in [3.05, 3.63) is 54.4 Å². The third-order valence-corrected chi connectivity index (χ3v) is 3.25. The highest BCUT2D eigenvalue weighted by Gasteiger charge is 2.15. The number of pyridine rings is 1. The van der Waals surface area contributed by atoms with E-state index in [9.17, 15) is 0 Å². The van der Waals surface area contributed by atoms with Crippen LogP contribution in [0.5, 0.6) is 5.75 Å². The van der Waals surface area contributed by atoms with Gasteiger partial charge in [0.1, 0.15) is 12.4 Å². The lowest BCUT2D eigenvalue weighted by Crippen LogP contribution is -2.16. The zero-order chi connectivity index (χ0) is 15.1. The molecule has 0 saturated heterocycles. The van der Waals surface area contributed by atoms with Gasteiger partial charge in [0.2, 0.25) is 0 Å². The number of nitrogens with zero attached hydrogens (tertiary/aromatic N) is 1. The molecule has 0 saturated carbocycles. The van der Waals surface area contributed by atoms with Crippen LogP contribution in [0.4, 0.5) is 5.69 Å². The van der Waals surface area contributed by atoms with Crippen molar-refractivity contribution in [3.8, 4) is 5.75 Å². The van der Waals surface area contributed by atoms with Crippen molar-refractivity contribution in [1.82, 2.24) is 4.98 Å². The molecule has 1 aromatic carbocycles. The number of nitrogens with one attached hydrogen (secondary N) is 1. The second-order valence-corrected chi connectivity index (χ2v) is 5.25. The topological polar surface area (TPSA) is 54.4 Å². The van der Waals surface area contributed by atoms with E-state index in [-0.39, 0.29) is 12.6 Å². The quantitative estimate of drug-likeness (QED) is 0.820. The summed E-state index contributed by atoms with van der Waals surface area (Å²) in [5.74, 6) is 1.21. The second-order valence-electron chi connectivity index (χ2n) is 5.25. The Kier molecular flexibility index (Phi) is 5.58. The van der Waals surface area contributed by atoms with E-state index in [0.717, 1.165) is 11.4 Å². The van der Waals surface area contributed by atoms with Gasteiger partial charge in [-0.3, -0.25) is 4.98 Å². The summed E-state index contributed by atoms with van der Waals surface area (Å²) in [7, 11) is 0. The number of rotatable bonds is 7. The monoisotopic (exact) mass is 286 g/mol. The molecule has 0 aliphatic rings. The van der Waals surface area contributed by atoms with Crippen molar-refractivity contribution in [2.24, 2.45) is 5.92 Å². The number of aliphatic hydroxyl groups is 1. The van der Waals surface area contributed by atoms with Gasteiger partial charge in [0.05, 0.1) is 12.6 Å². The lowest BCUT2D eigenvalue weighted by atomic mass is 9.97. The minimum absolute atomic E-state index is 0.0242. The molecule has 0 bridgehead atoms. The molecular formula is C17H22N2O2. The maximum Gasteiger partial charge on any atom is 0.119 e. The zero-order valence-corrected chi connectivity index (χ0v) is 12.5. The molecule has 0 fully saturated rings. The van der Waals surface area contributed by atoms with Crippen LogP contribution >= 0.6 is 0 Å². The van der Waals surface area contributed by atoms with Gasteiger partial charge in [-0.15, -0.1) is 0 Å². The molecule has 0 amide bonds. The Morgan fingerprint density at radius 2 is 1.95 bits per heavy atom. The highest BCUT2D eigenvalue weighted by atomic mass is 16.5. The fourth-order valence-electron chi connectivity index (χ4n) is 2.19. The average molecular weight is 286 g/mol. The molecule has 1 atom stereocenters. The van der Waals surface area contributed by atoms with E-state index in [2.05, 4.69) is 30.2 Å². The molecule has 0 aliphatic carbocycles. The molecule has 0 aliphatic heterocycles. The minimum atomic E-state index is 0.0242. The van der Waals surface area contributed by atoms with Gasteiger partial charge >= 0.3 is 0 Å². The van der Waals surface area contributed by atoms with Crippen LogP contribution in [0.15, 0.2) is 48.8 Å². The van der Waals surface area contributed by atoms with Crippen LogP contribution in [0.1, 0.15) is 25.5 Å². The molecular weight excluding hydrogens is 264 g/mol. The average Bonchev–Trinajstić information content (AvgIpc) is 2.52. The molecule has 2 N–H and O–H groups in total. The highest BCUT2D eigenvalue weighted by Crippen LogP contribution is 2.26. The van der Waals surface area contributed by atoms with Crippen molar-refractivity contribution in [2.75, 3.05) is 18.5 Å². The van der Waals surface area contributed by atoms with E-state index in [1.54, 1.807) is 6.20 Å². The van der Waals surface area contributed by atoms with E-state index in [4.69, 9.17) is 9.84 Å². The molecule has 1 unspecified atom stereocenters. The predicted molar refractivity (Wildman–Crippen MR) is 84.5 cm³/mol. The SMILES string of the molecule is CC(C)C(Nc1ccc(OCCO)cc1)c1cccnc1. The Hall–Kier alpha value is -2.07. The third-order valence-electron chi connectivity index (χ3n) is 3.25. The predicted octanol–water partition coefficient (Wildman–Crippen LogP) is 3.26. The van der Waals surface area contributed by atoms with E-state index in [1.807, 2.05) is 36.5 Å². The standard InChI is InChI=1S/C17H22N2O2/c1-13(2)17(14-4-3-9-18-12-14)19-15-5-7-16(8-6-15)21-11-10-20/h3-9,12-13,17,19-20H,10-11H2,1-2H3. The van der Waals surface area contributed by atoms with E-state index >= 15 is 0 Å². The number of anilines is 1. The summed E-state index contributed by atoms with van der Waals surface area (Å²) in [6.07, 6.45) is 3.69. The number of ether oxygens (including phenoxy) is 1. The zero-order valence-electron chi connectivity index (χ0n) is 12.5. The Labute approximate surface area is 125 Å². The van der Waals surface area contributed by atoms with E-state index in [0.29, 0.717) is 12.5 Å². The summed E-state index contributed by atoms with van der Waals surface area (Å²) in [6, 6.07) is 12.0. The van der Waals surface area contributed by atoms with Gasteiger partial charge in [-0.25, -0.2) is 0 Å². The maximum atomic E-state index is 8.74. The van der Waals surface area contributed by atoms with Gasteiger partial charge in [0, 0.05) is 18.1 Å². The van der Waals surface area contributed by atoms with Crippen LogP contribution in [0.3, 0.4) is 0 Å². The molecule has 2 rings (SSSR count). The van der Waals surface area contributed by atoms with Crippen LogP contribution in [0.2, 0.25) is 0 Å². The molecule has 2 aromatic rings. The van der Waals surface area contributed by atoms with Gasteiger partial charge in [-0.2, -0.15) is 0 Å². The first-order valence-electron chi connectivity index (χ1n) is 7.21. The Morgan fingerprint density at radius 3 is 2.52 bits per heavy atom. The largest absolute Gasteiger partial charge is 0.491 e. The van der Waals surface area contributed by atoms with Crippen LogP contribution in [-0.4, -0.2) is 23.3 Å². The summed E-state index contributed by atoms with van der Waals surface area (Å²) in [6.45, 7) is 4.71. The summed E-state index contributed by atoms with van der Waals surface area (Å²) in [5, 5.41) is 12.3. The van der Waals surface area contributed by atoms with Gasteiger partial charge in [0.15, 0.2) is 0 Å². The number of aliphatic hydroxyl groups excluding tert-OH is 1. The van der Waals surface area contributed by atoms with Gasteiger partial charge < -0.3 is 15.2 Å². The normalized spacial score (nSPS) is 12.2. The maximum absolute atomic E-state index is 8.74. The first-order valence-corrected chi connectivity index (χ1v) is 7.21. The molecule has 0 radical (unpaired) electrons. The minimum Gasteiger partial charge on any atom is -0.491 e. The van der Waals surface area contributed by atoms with Crippen molar-refractivity contribution in [3.63, 3.8) is 0 Å². The second kappa shape index (κ2) is 7.64. The number of hydrogen-bond acceptors (Lipinski definition) is 4. The number of benzene rings is 1. The Balaban J connectivity index is 2.07. The van der Waals surface area contributed by atoms with E-state index < -0.39 is 0 Å². The first-order chi connectivity index (χ1) is 10.2. The molecule has 21 heavy (non-hydrogen) atoms. The van der Waals surface area contributed by atoms with Crippen molar-refractivity contribution in [2.45, 2.75) is 19.9 Å². The number of aromatic nitrogens is 1. The van der Waals surface area contributed by atoms with Crippen molar-refractivity contribution in [1.29, 1.82) is 0 Å². The smallest absolute Gasteiger partial charge is 0.119 e. The summed E-state index contributed by atoms with van der Waals surface area (Å²) in [4.78, 5) is 4.19. The molecule has 4 heteroatoms. The fourth-order valence-corrected chi connectivity index (χ4v) is 2.19. The van der Waals surface area contributed by atoms with Crippen molar-refractivity contribution < 1.29 is 9.84 Å². The highest BCUT2D eigenvalue weighted by molar-refractivity contribution is 5.48. The third kappa shape index (κ3) is 4.46. The van der Waals surface area contributed by atoms with Gasteiger partial charge in [-0.05, 0) is 41.8 Å². The lowest BCUT2D eigenvalue weighted by molar-refractivity contribution is 0.201. The molecule has 1 aromatic heterocycles. The van der Waals surface area contributed by atoms with Crippen LogP contribution in [0.25, 0.3) is 0 Å². The molecule has 112 valence electrons. The summed E-state index contributed by atoms with van der Waals surface area (Å²) in [5.41, 5.74) is 2.21. The van der Waals surface area contributed by atoms with Crippen molar-refractivity contribution >= 4 is 5.69 Å². The summed E-state index contributed by atoms with van der Waals surface area (Å²) < 4.78 is 5.36. The molecule has 4 nitrogen and oxygen atoms in total. The van der Waals surface area contributed by atoms with E-state index in [1.165, 1.54) is 5.56 Å². The van der Waals surface area contributed by atoms with Gasteiger partial charge in [-0.1, -0.05) is 19.9 Å². The fraction of sp³-hybridized carbons (Fsp3) is 0.353. The summed E-state index contributed by atoms with van der Waals surface area (Å²) >= 11 is 0. The molecule has 0 spiro atoms. The Morgan fingerprint density at radius 1 is 1.19 bits per heavy atom. The van der Waals surface area contributed by atoms with Crippen LogP contribution in [0, 0.1) is 5.92 Å². The molecule has 1 heterocycles. The lowest BCUT2D eigenvalue weighted by Gasteiger charge is -2.24. The number of hydrogen-bond donors (Lipinski definition) is 2. The van der Waals surface area contributed by atoms with Gasteiger partial charge in [0.25, 0.3) is 0 Å². The Bertz CT molecular complexity index is 526.